The summed E-state index contributed by atoms with van der Waals surface area (Å²) in [4.78, 5) is 20.7. The van der Waals surface area contributed by atoms with Crippen molar-refractivity contribution >= 4 is 11.7 Å². The Kier molecular flexibility index (Phi) is 5.38. The Balaban J connectivity index is 1.48. The van der Waals surface area contributed by atoms with Gasteiger partial charge in [0.15, 0.2) is 0 Å². The Morgan fingerprint density at radius 1 is 1.20 bits per heavy atom. The van der Waals surface area contributed by atoms with Crippen molar-refractivity contribution in [1.82, 2.24) is 15.2 Å². The van der Waals surface area contributed by atoms with Gasteiger partial charge >= 0.3 is 6.03 Å². The minimum absolute atomic E-state index is 0.0280. The van der Waals surface area contributed by atoms with E-state index in [1.165, 1.54) is 11.3 Å². The SMILES string of the molecule is COc1ccc(CNC(=O)N2CCN(c3cccc(C)c3)CC2)cn1. The van der Waals surface area contributed by atoms with E-state index in [4.69, 9.17) is 4.74 Å². The average molecular weight is 340 g/mol. The zero-order valence-electron chi connectivity index (χ0n) is 14.7. The smallest absolute Gasteiger partial charge is 0.317 e. The molecule has 1 aromatic carbocycles. The summed E-state index contributed by atoms with van der Waals surface area (Å²) in [7, 11) is 1.58. The summed E-state index contributed by atoms with van der Waals surface area (Å²) in [6.07, 6.45) is 1.72. The molecule has 1 fully saturated rings. The lowest BCUT2D eigenvalue weighted by Gasteiger charge is -2.36. The third-order valence-corrected chi connectivity index (χ3v) is 4.38. The fourth-order valence-electron chi connectivity index (χ4n) is 2.92. The number of methoxy groups -OCH3 is 1. The lowest BCUT2D eigenvalue weighted by molar-refractivity contribution is 0.194. The first kappa shape index (κ1) is 17.1. The minimum atomic E-state index is -0.0280. The zero-order chi connectivity index (χ0) is 17.6. The number of hydrogen-bond donors (Lipinski definition) is 1. The van der Waals surface area contributed by atoms with Crippen molar-refractivity contribution in [2.45, 2.75) is 13.5 Å². The lowest BCUT2D eigenvalue weighted by atomic mass is 10.2. The van der Waals surface area contributed by atoms with Gasteiger partial charge in [-0.2, -0.15) is 0 Å². The summed E-state index contributed by atoms with van der Waals surface area (Å²) in [5.41, 5.74) is 3.43. The molecule has 6 nitrogen and oxygen atoms in total. The second kappa shape index (κ2) is 7.88. The van der Waals surface area contributed by atoms with E-state index >= 15 is 0 Å². The Morgan fingerprint density at radius 2 is 2.00 bits per heavy atom. The molecule has 0 bridgehead atoms. The maximum absolute atomic E-state index is 12.3. The molecular formula is C19H24N4O2. The van der Waals surface area contributed by atoms with Gasteiger partial charge in [0.05, 0.1) is 7.11 Å². The van der Waals surface area contributed by atoms with Gasteiger partial charge in [0.2, 0.25) is 5.88 Å². The molecule has 6 heteroatoms. The Hall–Kier alpha value is -2.76. The summed E-state index contributed by atoms with van der Waals surface area (Å²) in [5.74, 6) is 0.572. The molecule has 1 N–H and O–H groups in total. The molecule has 0 unspecified atom stereocenters. The van der Waals surface area contributed by atoms with E-state index in [2.05, 4.69) is 46.4 Å². The Labute approximate surface area is 148 Å². The maximum Gasteiger partial charge on any atom is 0.317 e. The predicted octanol–water partition coefficient (Wildman–Crippen LogP) is 2.43. The van der Waals surface area contributed by atoms with E-state index in [9.17, 15) is 4.79 Å². The maximum atomic E-state index is 12.3. The molecule has 1 aromatic heterocycles. The van der Waals surface area contributed by atoms with Crippen LogP contribution in [0.15, 0.2) is 42.6 Å². The number of nitrogens with one attached hydrogen (secondary N) is 1. The Bertz CT molecular complexity index is 710. The van der Waals surface area contributed by atoms with Gasteiger partial charge in [-0.25, -0.2) is 9.78 Å². The molecule has 0 saturated carbocycles. The molecule has 132 valence electrons. The number of ether oxygens (including phenoxy) is 1. The number of benzene rings is 1. The largest absolute Gasteiger partial charge is 0.481 e. The van der Waals surface area contributed by atoms with Crippen LogP contribution < -0.4 is 15.0 Å². The zero-order valence-corrected chi connectivity index (χ0v) is 14.7. The number of amides is 2. The molecule has 2 heterocycles. The molecule has 2 aromatic rings. The number of carbonyl (C=O) groups is 1. The van der Waals surface area contributed by atoms with Crippen LogP contribution in [0.4, 0.5) is 10.5 Å². The topological polar surface area (TPSA) is 57.7 Å². The van der Waals surface area contributed by atoms with Gasteiger partial charge in [-0.15, -0.1) is 0 Å². The fourth-order valence-corrected chi connectivity index (χ4v) is 2.92. The number of urea groups is 1. The predicted molar refractivity (Wildman–Crippen MR) is 98.0 cm³/mol. The fraction of sp³-hybridized carbons (Fsp3) is 0.368. The second-order valence-corrected chi connectivity index (χ2v) is 6.18. The van der Waals surface area contributed by atoms with Crippen molar-refractivity contribution in [1.29, 1.82) is 0 Å². The number of nitrogens with zero attached hydrogens (tertiary/aromatic N) is 3. The van der Waals surface area contributed by atoms with Gasteiger partial charge in [-0.05, 0) is 30.2 Å². The number of aryl methyl sites for hydroxylation is 1. The number of aromatic nitrogens is 1. The van der Waals surface area contributed by atoms with Gasteiger partial charge in [-0.1, -0.05) is 18.2 Å². The first-order valence-electron chi connectivity index (χ1n) is 8.49. The first-order chi connectivity index (χ1) is 12.2. The highest BCUT2D eigenvalue weighted by Gasteiger charge is 2.21. The second-order valence-electron chi connectivity index (χ2n) is 6.18. The van der Waals surface area contributed by atoms with Gasteiger partial charge in [0.1, 0.15) is 0 Å². The van der Waals surface area contributed by atoms with Crippen molar-refractivity contribution in [3.63, 3.8) is 0 Å². The first-order valence-corrected chi connectivity index (χ1v) is 8.49. The van der Waals surface area contributed by atoms with Crippen molar-refractivity contribution in [3.05, 3.63) is 53.7 Å². The molecular weight excluding hydrogens is 316 g/mol. The third-order valence-electron chi connectivity index (χ3n) is 4.38. The van der Waals surface area contributed by atoms with Gasteiger partial charge < -0.3 is 19.9 Å². The van der Waals surface area contributed by atoms with Gasteiger partial charge in [-0.3, -0.25) is 0 Å². The molecule has 0 atom stereocenters. The summed E-state index contributed by atoms with van der Waals surface area (Å²) >= 11 is 0. The number of pyridine rings is 1. The number of piperazine rings is 1. The molecule has 0 radical (unpaired) electrons. The van der Waals surface area contributed by atoms with Crippen LogP contribution in [0, 0.1) is 6.92 Å². The summed E-state index contributed by atoms with van der Waals surface area (Å²) in [6, 6.07) is 12.2. The van der Waals surface area contributed by atoms with E-state index in [-0.39, 0.29) is 6.03 Å². The Morgan fingerprint density at radius 3 is 2.64 bits per heavy atom. The number of rotatable bonds is 4. The average Bonchev–Trinajstić information content (AvgIpc) is 2.66. The van der Waals surface area contributed by atoms with Gasteiger partial charge in [0, 0.05) is 50.7 Å². The molecule has 1 aliphatic rings. The molecule has 2 amide bonds. The highest BCUT2D eigenvalue weighted by Crippen LogP contribution is 2.17. The normalized spacial score (nSPS) is 14.3. The molecule has 1 aliphatic heterocycles. The monoisotopic (exact) mass is 340 g/mol. The van der Waals surface area contributed by atoms with Crippen molar-refractivity contribution in [2.75, 3.05) is 38.2 Å². The van der Waals surface area contributed by atoms with Crippen molar-refractivity contribution in [2.24, 2.45) is 0 Å². The number of anilines is 1. The van der Waals surface area contributed by atoms with E-state index < -0.39 is 0 Å². The minimum Gasteiger partial charge on any atom is -0.481 e. The van der Waals surface area contributed by atoms with Crippen LogP contribution in [0.2, 0.25) is 0 Å². The highest BCUT2D eigenvalue weighted by atomic mass is 16.5. The van der Waals surface area contributed by atoms with E-state index in [0.29, 0.717) is 12.4 Å². The quantitative estimate of drug-likeness (QED) is 0.929. The standard InChI is InChI=1S/C19H24N4O2/c1-15-4-3-5-17(12-15)22-8-10-23(11-9-22)19(24)21-14-16-6-7-18(25-2)20-13-16/h3-7,12-13H,8-11,14H2,1-2H3,(H,21,24). The lowest BCUT2D eigenvalue weighted by Crippen LogP contribution is -2.51. The number of carbonyl (C=O) groups excluding carboxylic acids is 1. The molecule has 3 rings (SSSR count). The van der Waals surface area contributed by atoms with Crippen molar-refractivity contribution < 1.29 is 9.53 Å². The molecule has 0 aliphatic carbocycles. The van der Waals surface area contributed by atoms with Crippen molar-refractivity contribution in [3.8, 4) is 5.88 Å². The van der Waals surface area contributed by atoms with Crippen LogP contribution in [0.25, 0.3) is 0 Å². The van der Waals surface area contributed by atoms with Crippen LogP contribution in [-0.2, 0) is 6.54 Å². The summed E-state index contributed by atoms with van der Waals surface area (Å²) < 4.78 is 5.03. The third kappa shape index (κ3) is 4.41. The van der Waals surface area contributed by atoms with Gasteiger partial charge in [0.25, 0.3) is 0 Å². The van der Waals surface area contributed by atoms with Crippen LogP contribution in [0.1, 0.15) is 11.1 Å². The number of hydrogen-bond acceptors (Lipinski definition) is 4. The van der Waals surface area contributed by atoms with Crippen LogP contribution in [-0.4, -0.2) is 49.2 Å². The van der Waals surface area contributed by atoms with E-state index in [0.717, 1.165) is 31.7 Å². The highest BCUT2D eigenvalue weighted by molar-refractivity contribution is 5.74. The van der Waals surface area contributed by atoms with Crippen LogP contribution >= 0.6 is 0 Å². The van der Waals surface area contributed by atoms with Crippen LogP contribution in [0.5, 0.6) is 5.88 Å². The van der Waals surface area contributed by atoms with Crippen LogP contribution in [0.3, 0.4) is 0 Å². The summed E-state index contributed by atoms with van der Waals surface area (Å²) in [5, 5.41) is 2.96. The van der Waals surface area contributed by atoms with E-state index in [1.807, 2.05) is 11.0 Å². The molecule has 0 spiro atoms. The summed E-state index contributed by atoms with van der Waals surface area (Å²) in [6.45, 7) is 5.71. The van der Waals surface area contributed by atoms with E-state index in [1.54, 1.807) is 19.4 Å². The molecule has 25 heavy (non-hydrogen) atoms. The molecule has 1 saturated heterocycles.